The summed E-state index contributed by atoms with van der Waals surface area (Å²) >= 11 is 0. The zero-order chi connectivity index (χ0) is 23.0. The van der Waals surface area contributed by atoms with Gasteiger partial charge in [-0.15, -0.1) is 5.10 Å². The Balaban J connectivity index is 1.72. The van der Waals surface area contributed by atoms with Crippen LogP contribution in [0.2, 0.25) is 0 Å². The number of carbonyl (C=O) groups excluding carboxylic acids is 2. The first kappa shape index (κ1) is 21.9. The van der Waals surface area contributed by atoms with E-state index < -0.39 is 23.6 Å². The fourth-order valence-electron chi connectivity index (χ4n) is 4.38. The maximum atomic E-state index is 13.7. The molecule has 32 heavy (non-hydrogen) atoms. The van der Waals surface area contributed by atoms with E-state index in [2.05, 4.69) is 20.6 Å². The summed E-state index contributed by atoms with van der Waals surface area (Å²) in [6.07, 6.45) is 4.77. The molecule has 1 fully saturated rings. The summed E-state index contributed by atoms with van der Waals surface area (Å²) in [4.78, 5) is 31.6. The van der Waals surface area contributed by atoms with Gasteiger partial charge in [0.25, 0.3) is 0 Å². The normalized spacial score (nSPS) is 19.8. The number of amides is 2. The molecule has 0 bridgehead atoms. The molecule has 1 aliphatic heterocycles. The van der Waals surface area contributed by atoms with Crippen molar-refractivity contribution in [3.05, 3.63) is 42.9 Å². The first-order valence-electron chi connectivity index (χ1n) is 10.7. The van der Waals surface area contributed by atoms with E-state index in [0.717, 1.165) is 16.3 Å². The quantitative estimate of drug-likeness (QED) is 0.645. The summed E-state index contributed by atoms with van der Waals surface area (Å²) in [5.41, 5.74) is 1.04. The van der Waals surface area contributed by atoms with Crippen molar-refractivity contribution in [3.63, 3.8) is 0 Å². The van der Waals surface area contributed by atoms with Crippen molar-refractivity contribution in [2.75, 3.05) is 13.6 Å². The molecule has 0 spiro atoms. The molecule has 3 atom stereocenters. The van der Waals surface area contributed by atoms with Crippen LogP contribution in [0.1, 0.15) is 33.2 Å². The van der Waals surface area contributed by atoms with E-state index in [1.807, 2.05) is 45.0 Å². The van der Waals surface area contributed by atoms with Crippen LogP contribution < -0.4 is 5.32 Å². The highest BCUT2D eigenvalue weighted by Crippen LogP contribution is 2.35. The largest absolute Gasteiger partial charge is 0.391 e. The predicted octanol–water partition coefficient (Wildman–Crippen LogP) is 1.79. The third-order valence-corrected chi connectivity index (χ3v) is 5.90. The summed E-state index contributed by atoms with van der Waals surface area (Å²) < 4.78 is 1.57. The van der Waals surface area contributed by atoms with Gasteiger partial charge in [0.15, 0.2) is 0 Å². The van der Waals surface area contributed by atoms with Gasteiger partial charge in [0, 0.05) is 43.4 Å². The Morgan fingerprint density at radius 3 is 2.75 bits per heavy atom. The molecule has 0 radical (unpaired) electrons. The molecular formula is C23H28N6O3. The van der Waals surface area contributed by atoms with Gasteiger partial charge in [-0.25, -0.2) is 4.68 Å². The number of likely N-dealkylation sites (N-methyl/N-ethyl adjacent to an activating group) is 1. The lowest BCUT2D eigenvalue weighted by Gasteiger charge is -2.34. The Hall–Kier alpha value is -3.33. The number of aliphatic hydroxyl groups excluding tert-OH is 1. The number of aromatic nitrogens is 4. The van der Waals surface area contributed by atoms with Crippen molar-refractivity contribution in [3.8, 4) is 11.3 Å². The molecule has 0 aliphatic carbocycles. The van der Waals surface area contributed by atoms with E-state index in [1.54, 1.807) is 23.3 Å². The predicted molar refractivity (Wildman–Crippen MR) is 119 cm³/mol. The molecule has 9 heteroatoms. The summed E-state index contributed by atoms with van der Waals surface area (Å²) in [5, 5.41) is 23.4. The molecule has 2 amide bonds. The second-order valence-corrected chi connectivity index (χ2v) is 9.26. The van der Waals surface area contributed by atoms with Crippen LogP contribution in [0, 0.1) is 5.41 Å². The topological polar surface area (TPSA) is 113 Å². The highest BCUT2D eigenvalue weighted by molar-refractivity contribution is 5.95. The maximum absolute atomic E-state index is 13.7. The maximum Gasteiger partial charge on any atom is 0.248 e. The average Bonchev–Trinajstić information content (AvgIpc) is 3.38. The molecule has 1 aromatic carbocycles. The fraction of sp³-hybridized carbons (Fsp3) is 0.435. The zero-order valence-electron chi connectivity index (χ0n) is 18.7. The third-order valence-electron chi connectivity index (χ3n) is 5.90. The Bertz CT molecular complexity index is 1150. The number of pyridine rings is 1. The number of likely N-dealkylation sites (tertiary alicyclic amines) is 1. The van der Waals surface area contributed by atoms with Crippen LogP contribution in [0.25, 0.3) is 22.0 Å². The number of hydrogen-bond acceptors (Lipinski definition) is 6. The van der Waals surface area contributed by atoms with Crippen LogP contribution in [0.5, 0.6) is 0 Å². The van der Waals surface area contributed by atoms with Gasteiger partial charge in [-0.05, 0) is 16.9 Å². The SMILES string of the molecule is CNC(=O)[C@@H]1C[C@@H](O)CN1C(=O)[C@@H](n1cc(-c2cccc3cnccc23)nn1)C(C)(C)C. The monoisotopic (exact) mass is 436 g/mol. The molecule has 1 aliphatic rings. The van der Waals surface area contributed by atoms with Crippen LogP contribution >= 0.6 is 0 Å². The molecule has 4 rings (SSSR count). The Kier molecular flexibility index (Phi) is 5.68. The highest BCUT2D eigenvalue weighted by atomic mass is 16.3. The molecule has 9 nitrogen and oxygen atoms in total. The van der Waals surface area contributed by atoms with Crippen molar-refractivity contribution in [2.45, 2.75) is 45.4 Å². The summed E-state index contributed by atoms with van der Waals surface area (Å²) in [6.45, 7) is 5.95. The van der Waals surface area contributed by atoms with Gasteiger partial charge in [0.2, 0.25) is 11.8 Å². The molecule has 3 heterocycles. The fourth-order valence-corrected chi connectivity index (χ4v) is 4.38. The van der Waals surface area contributed by atoms with Crippen molar-refractivity contribution in [2.24, 2.45) is 5.41 Å². The number of fused-ring (bicyclic) bond motifs is 1. The second kappa shape index (κ2) is 8.31. The van der Waals surface area contributed by atoms with E-state index in [0.29, 0.717) is 5.69 Å². The van der Waals surface area contributed by atoms with Gasteiger partial charge >= 0.3 is 0 Å². The lowest BCUT2D eigenvalue weighted by molar-refractivity contribution is -0.144. The lowest BCUT2D eigenvalue weighted by Crippen LogP contribution is -2.49. The van der Waals surface area contributed by atoms with Crippen molar-refractivity contribution >= 4 is 22.6 Å². The van der Waals surface area contributed by atoms with E-state index >= 15 is 0 Å². The first-order chi connectivity index (χ1) is 15.2. The van der Waals surface area contributed by atoms with Crippen molar-refractivity contribution < 1.29 is 14.7 Å². The van der Waals surface area contributed by atoms with Crippen LogP contribution in [-0.2, 0) is 9.59 Å². The highest BCUT2D eigenvalue weighted by Gasteiger charge is 2.45. The minimum absolute atomic E-state index is 0.112. The molecular weight excluding hydrogens is 408 g/mol. The summed E-state index contributed by atoms with van der Waals surface area (Å²) in [6, 6.07) is 6.40. The smallest absolute Gasteiger partial charge is 0.248 e. The number of aliphatic hydroxyl groups is 1. The van der Waals surface area contributed by atoms with Gasteiger partial charge in [-0.1, -0.05) is 44.2 Å². The first-order valence-corrected chi connectivity index (χ1v) is 10.7. The van der Waals surface area contributed by atoms with E-state index in [4.69, 9.17) is 0 Å². The van der Waals surface area contributed by atoms with Crippen molar-refractivity contribution in [1.82, 2.24) is 30.2 Å². The van der Waals surface area contributed by atoms with Gasteiger partial charge in [-0.2, -0.15) is 0 Å². The number of carbonyl (C=O) groups is 2. The molecule has 2 aromatic heterocycles. The third kappa shape index (κ3) is 3.95. The van der Waals surface area contributed by atoms with E-state index in [1.165, 1.54) is 11.9 Å². The molecule has 3 aromatic rings. The second-order valence-electron chi connectivity index (χ2n) is 9.26. The number of nitrogens with one attached hydrogen (secondary N) is 1. The van der Waals surface area contributed by atoms with Gasteiger partial charge in [0.1, 0.15) is 17.8 Å². The average molecular weight is 437 g/mol. The van der Waals surface area contributed by atoms with Crippen LogP contribution in [0.3, 0.4) is 0 Å². The molecule has 0 unspecified atom stereocenters. The van der Waals surface area contributed by atoms with Gasteiger partial charge in [0.05, 0.1) is 12.3 Å². The molecule has 168 valence electrons. The standard InChI is InChI=1S/C23H28N6O3/c1-23(2,3)20(22(32)28-12-15(30)10-19(28)21(31)24-4)29-13-18(26-27-29)17-7-5-6-14-11-25-9-8-16(14)17/h5-9,11,13,15,19-20,30H,10,12H2,1-4H3,(H,24,31)/t15-,19+,20-/m1/s1. The van der Waals surface area contributed by atoms with Gasteiger partial charge < -0.3 is 15.3 Å². The number of nitrogens with zero attached hydrogens (tertiary/aromatic N) is 5. The zero-order valence-corrected chi connectivity index (χ0v) is 18.7. The summed E-state index contributed by atoms with van der Waals surface area (Å²) in [7, 11) is 1.53. The van der Waals surface area contributed by atoms with Crippen molar-refractivity contribution in [1.29, 1.82) is 0 Å². The minimum Gasteiger partial charge on any atom is -0.391 e. The van der Waals surface area contributed by atoms with Crippen LogP contribution in [0.15, 0.2) is 42.9 Å². The van der Waals surface area contributed by atoms with Crippen LogP contribution in [-0.4, -0.2) is 67.5 Å². The minimum atomic E-state index is -0.738. The Labute approximate surface area is 186 Å². The van der Waals surface area contributed by atoms with Crippen LogP contribution in [0.4, 0.5) is 0 Å². The molecule has 0 saturated carbocycles. The number of rotatable bonds is 4. The van der Waals surface area contributed by atoms with Gasteiger partial charge in [-0.3, -0.25) is 14.6 Å². The Morgan fingerprint density at radius 2 is 2.03 bits per heavy atom. The van der Waals surface area contributed by atoms with E-state index in [9.17, 15) is 14.7 Å². The lowest BCUT2D eigenvalue weighted by atomic mass is 9.85. The summed E-state index contributed by atoms with van der Waals surface area (Å²) in [5.74, 6) is -0.549. The number of benzene rings is 1. The Morgan fingerprint density at radius 1 is 1.25 bits per heavy atom. The molecule has 2 N–H and O–H groups in total. The number of hydrogen-bond donors (Lipinski definition) is 2. The number of β-amino-alcohol motifs (C(OH)–C–C–N with tert-alkyl or cyclic N) is 1. The van der Waals surface area contributed by atoms with E-state index in [-0.39, 0.29) is 24.8 Å². The molecule has 1 saturated heterocycles.